The van der Waals surface area contributed by atoms with E-state index in [1.54, 1.807) is 36.0 Å². The van der Waals surface area contributed by atoms with Crippen molar-refractivity contribution in [3.05, 3.63) is 29.7 Å². The van der Waals surface area contributed by atoms with Crippen molar-refractivity contribution in [3.63, 3.8) is 0 Å². The van der Waals surface area contributed by atoms with Crippen molar-refractivity contribution in [3.8, 4) is 0 Å². The van der Waals surface area contributed by atoms with Crippen LogP contribution in [0.2, 0.25) is 0 Å². The highest BCUT2D eigenvalue weighted by atomic mass is 16.5. The molecule has 3 heterocycles. The van der Waals surface area contributed by atoms with Crippen molar-refractivity contribution in [1.29, 1.82) is 0 Å². The third-order valence-electron chi connectivity index (χ3n) is 3.57. The molecule has 21 heavy (non-hydrogen) atoms. The van der Waals surface area contributed by atoms with Crippen LogP contribution >= 0.6 is 0 Å². The van der Waals surface area contributed by atoms with E-state index in [0.717, 1.165) is 0 Å². The molecule has 2 aromatic heterocycles. The van der Waals surface area contributed by atoms with Crippen LogP contribution in [-0.4, -0.2) is 57.5 Å². The zero-order valence-corrected chi connectivity index (χ0v) is 12.0. The molecule has 0 atom stereocenters. The molecule has 1 saturated heterocycles. The van der Waals surface area contributed by atoms with Crippen LogP contribution in [0.3, 0.4) is 0 Å². The summed E-state index contributed by atoms with van der Waals surface area (Å²) in [7, 11) is 3.39. The van der Waals surface area contributed by atoms with Crippen LogP contribution in [0, 0.1) is 0 Å². The molecule has 0 N–H and O–H groups in total. The highest BCUT2D eigenvalue weighted by Crippen LogP contribution is 2.27. The van der Waals surface area contributed by atoms with Crippen molar-refractivity contribution < 1.29 is 14.1 Å². The quantitative estimate of drug-likeness (QED) is 0.784. The maximum atomic E-state index is 12.2. The van der Waals surface area contributed by atoms with Crippen molar-refractivity contribution in [2.45, 2.75) is 12.3 Å². The van der Waals surface area contributed by atoms with Gasteiger partial charge in [-0.3, -0.25) is 9.48 Å². The van der Waals surface area contributed by atoms with Crippen LogP contribution in [0.1, 0.15) is 28.1 Å². The summed E-state index contributed by atoms with van der Waals surface area (Å²) in [4.78, 5) is 18.3. The number of ether oxygens (including phenoxy) is 1. The Labute approximate surface area is 121 Å². The Bertz CT molecular complexity index is 629. The fraction of sp³-hybridized carbons (Fsp3) is 0.538. The maximum Gasteiger partial charge on any atom is 0.272 e. The lowest BCUT2D eigenvalue weighted by molar-refractivity contribution is 0.0558. The van der Waals surface area contributed by atoms with Gasteiger partial charge in [0, 0.05) is 39.9 Å². The second kappa shape index (κ2) is 5.65. The minimum Gasteiger partial charge on any atom is -0.384 e. The van der Waals surface area contributed by atoms with Crippen molar-refractivity contribution in [2.75, 3.05) is 26.8 Å². The molecule has 2 aromatic rings. The molecule has 1 aliphatic heterocycles. The summed E-state index contributed by atoms with van der Waals surface area (Å²) in [5, 5.41) is 7.91. The van der Waals surface area contributed by atoms with E-state index in [1.807, 2.05) is 0 Å². The standard InChI is InChI=1S/C13H17N5O3/c1-17-10(3-5-14-17)13(19)18-7-9(8-18)12-15-11(16-21-12)4-6-20-2/h3,5,9H,4,6-8H2,1-2H3. The maximum absolute atomic E-state index is 12.2. The predicted octanol–water partition coefficient (Wildman–Crippen LogP) is 0.232. The lowest BCUT2D eigenvalue weighted by Gasteiger charge is -2.36. The van der Waals surface area contributed by atoms with Crippen molar-refractivity contribution in [2.24, 2.45) is 7.05 Å². The number of methoxy groups -OCH3 is 1. The fourth-order valence-electron chi connectivity index (χ4n) is 2.27. The van der Waals surface area contributed by atoms with E-state index in [4.69, 9.17) is 9.26 Å². The summed E-state index contributed by atoms with van der Waals surface area (Å²) in [6.07, 6.45) is 2.25. The number of amides is 1. The van der Waals surface area contributed by atoms with Gasteiger partial charge in [-0.15, -0.1) is 0 Å². The molecule has 0 unspecified atom stereocenters. The normalized spacial score (nSPS) is 15.2. The van der Waals surface area contributed by atoms with Gasteiger partial charge >= 0.3 is 0 Å². The van der Waals surface area contributed by atoms with Gasteiger partial charge in [-0.1, -0.05) is 5.16 Å². The summed E-state index contributed by atoms with van der Waals surface area (Å²) in [6.45, 7) is 1.75. The molecular weight excluding hydrogens is 274 g/mol. The SMILES string of the molecule is COCCc1noc(C2CN(C(=O)c3ccnn3C)C2)n1. The number of rotatable bonds is 5. The summed E-state index contributed by atoms with van der Waals surface area (Å²) in [6, 6.07) is 1.71. The molecule has 0 spiro atoms. The molecule has 3 rings (SSSR count). The Balaban J connectivity index is 1.57. The molecule has 0 aliphatic carbocycles. The monoisotopic (exact) mass is 291 g/mol. The van der Waals surface area contributed by atoms with E-state index < -0.39 is 0 Å². The van der Waals surface area contributed by atoms with Gasteiger partial charge in [-0.2, -0.15) is 10.1 Å². The summed E-state index contributed by atoms with van der Waals surface area (Å²) in [5.74, 6) is 1.33. The van der Waals surface area contributed by atoms with Crippen LogP contribution in [0.25, 0.3) is 0 Å². The topological polar surface area (TPSA) is 86.3 Å². The molecule has 0 radical (unpaired) electrons. The number of nitrogens with zero attached hydrogens (tertiary/aromatic N) is 5. The summed E-state index contributed by atoms with van der Waals surface area (Å²) >= 11 is 0. The minimum atomic E-state index is -0.0228. The molecular formula is C13H17N5O3. The van der Waals surface area contributed by atoms with E-state index >= 15 is 0 Å². The Morgan fingerprint density at radius 3 is 3.00 bits per heavy atom. The van der Waals surface area contributed by atoms with Crippen LogP contribution in [0.15, 0.2) is 16.8 Å². The van der Waals surface area contributed by atoms with Crippen LogP contribution in [-0.2, 0) is 18.2 Å². The van der Waals surface area contributed by atoms with Crippen molar-refractivity contribution in [1.82, 2.24) is 24.8 Å². The van der Waals surface area contributed by atoms with Gasteiger partial charge in [0.2, 0.25) is 5.89 Å². The molecule has 1 fully saturated rings. The molecule has 0 bridgehead atoms. The van der Waals surface area contributed by atoms with Gasteiger partial charge in [0.15, 0.2) is 5.82 Å². The molecule has 0 saturated carbocycles. The molecule has 8 heteroatoms. The summed E-state index contributed by atoms with van der Waals surface area (Å²) in [5.41, 5.74) is 0.583. The van der Waals surface area contributed by atoms with E-state index in [1.165, 1.54) is 0 Å². The van der Waals surface area contributed by atoms with Gasteiger partial charge in [0.05, 0.1) is 12.5 Å². The van der Waals surface area contributed by atoms with Crippen molar-refractivity contribution >= 4 is 5.91 Å². The lowest BCUT2D eigenvalue weighted by Crippen LogP contribution is -2.49. The Kier molecular flexibility index (Phi) is 3.70. The number of carbonyl (C=O) groups excluding carboxylic acids is 1. The van der Waals surface area contributed by atoms with E-state index in [9.17, 15) is 4.79 Å². The van der Waals surface area contributed by atoms with E-state index in [-0.39, 0.29) is 11.8 Å². The van der Waals surface area contributed by atoms with Gasteiger partial charge in [-0.05, 0) is 6.07 Å². The highest BCUT2D eigenvalue weighted by molar-refractivity contribution is 5.93. The Morgan fingerprint density at radius 1 is 1.52 bits per heavy atom. The third kappa shape index (κ3) is 2.66. The highest BCUT2D eigenvalue weighted by Gasteiger charge is 2.36. The second-order valence-electron chi connectivity index (χ2n) is 5.04. The zero-order chi connectivity index (χ0) is 14.8. The zero-order valence-electron chi connectivity index (χ0n) is 12.0. The number of aryl methyl sites for hydroxylation is 1. The average Bonchev–Trinajstić information content (AvgIpc) is 3.03. The number of hydrogen-bond acceptors (Lipinski definition) is 6. The fourth-order valence-corrected chi connectivity index (χ4v) is 2.27. The van der Waals surface area contributed by atoms with Crippen LogP contribution in [0.5, 0.6) is 0 Å². The predicted molar refractivity (Wildman–Crippen MR) is 71.7 cm³/mol. The van der Waals surface area contributed by atoms with E-state index in [0.29, 0.717) is 43.5 Å². The Morgan fingerprint density at radius 2 is 2.33 bits per heavy atom. The van der Waals surface area contributed by atoms with E-state index in [2.05, 4.69) is 15.2 Å². The first-order chi connectivity index (χ1) is 10.2. The molecule has 1 aliphatic rings. The van der Waals surface area contributed by atoms with Crippen LogP contribution < -0.4 is 0 Å². The van der Waals surface area contributed by atoms with Gasteiger partial charge in [0.1, 0.15) is 5.69 Å². The summed E-state index contributed by atoms with van der Waals surface area (Å²) < 4.78 is 11.8. The Hall–Kier alpha value is -2.22. The van der Waals surface area contributed by atoms with Crippen LogP contribution in [0.4, 0.5) is 0 Å². The second-order valence-corrected chi connectivity index (χ2v) is 5.04. The first kappa shape index (κ1) is 13.7. The molecule has 0 aromatic carbocycles. The first-order valence-corrected chi connectivity index (χ1v) is 6.77. The number of aromatic nitrogens is 4. The minimum absolute atomic E-state index is 0.0228. The first-order valence-electron chi connectivity index (χ1n) is 6.77. The van der Waals surface area contributed by atoms with Gasteiger partial charge in [0.25, 0.3) is 5.91 Å². The molecule has 112 valence electrons. The number of likely N-dealkylation sites (tertiary alicyclic amines) is 1. The number of hydrogen-bond donors (Lipinski definition) is 0. The van der Waals surface area contributed by atoms with Gasteiger partial charge < -0.3 is 14.2 Å². The van der Waals surface area contributed by atoms with Gasteiger partial charge in [-0.25, -0.2) is 0 Å². The smallest absolute Gasteiger partial charge is 0.272 e. The third-order valence-corrected chi connectivity index (χ3v) is 3.57. The molecule has 8 nitrogen and oxygen atoms in total. The lowest BCUT2D eigenvalue weighted by atomic mass is 9.99. The average molecular weight is 291 g/mol. The largest absolute Gasteiger partial charge is 0.384 e. The number of carbonyl (C=O) groups is 1. The molecule has 1 amide bonds.